The Hall–Kier alpha value is -3.58. The Morgan fingerprint density at radius 1 is 0.929 bits per heavy atom. The zero-order valence-corrected chi connectivity index (χ0v) is 25.2. The van der Waals surface area contributed by atoms with Crippen molar-refractivity contribution >= 4 is 5.91 Å². The van der Waals surface area contributed by atoms with Crippen molar-refractivity contribution in [1.29, 1.82) is 0 Å². The standard InChI is InChI=1S/C35H45N3O4/c1-40-32-15-13-28(25-33(32)41-2)14-16-34(39)38-21-18-35(19-22-38)17-7-5-10-29-9-3-4-12-31(29)42-24-23-37(27-35)26-30-11-6-8-20-36-30/h3-4,6,8-9,11-13,15,20,25H,5,7,10,14,16-19,21-24,26-27H2,1-2H3. The van der Waals surface area contributed by atoms with Crippen LogP contribution < -0.4 is 14.2 Å². The van der Waals surface area contributed by atoms with Crippen LogP contribution in [0.4, 0.5) is 0 Å². The van der Waals surface area contributed by atoms with E-state index in [-0.39, 0.29) is 11.3 Å². The molecule has 3 heterocycles. The molecule has 2 aromatic carbocycles. The first kappa shape index (κ1) is 29.9. The molecule has 7 nitrogen and oxygen atoms in total. The number of fused-ring (bicyclic) bond motifs is 1. The third-order valence-electron chi connectivity index (χ3n) is 8.96. The number of benzene rings is 2. The number of hydrogen-bond donors (Lipinski definition) is 0. The molecule has 0 bridgehead atoms. The molecule has 0 N–H and O–H groups in total. The molecule has 0 saturated carbocycles. The summed E-state index contributed by atoms with van der Waals surface area (Å²) in [5, 5.41) is 0. The van der Waals surface area contributed by atoms with E-state index in [1.807, 2.05) is 30.5 Å². The first-order valence-electron chi connectivity index (χ1n) is 15.4. The topological polar surface area (TPSA) is 64.1 Å². The number of hydrogen-bond acceptors (Lipinski definition) is 6. The fourth-order valence-electron chi connectivity index (χ4n) is 6.52. The van der Waals surface area contributed by atoms with Crippen molar-refractivity contribution in [1.82, 2.24) is 14.8 Å². The minimum absolute atomic E-state index is 0.188. The number of methoxy groups -OCH3 is 2. The highest BCUT2D eigenvalue weighted by Crippen LogP contribution is 2.39. The summed E-state index contributed by atoms with van der Waals surface area (Å²) in [4.78, 5) is 22.5. The Morgan fingerprint density at radius 2 is 1.74 bits per heavy atom. The summed E-state index contributed by atoms with van der Waals surface area (Å²) in [6, 6.07) is 20.5. The molecule has 1 spiro atoms. The number of ether oxygens (including phenoxy) is 3. The number of pyridine rings is 1. The molecule has 224 valence electrons. The molecule has 42 heavy (non-hydrogen) atoms. The quantitative estimate of drug-likeness (QED) is 0.349. The molecule has 1 saturated heterocycles. The third-order valence-corrected chi connectivity index (χ3v) is 8.96. The van der Waals surface area contributed by atoms with Gasteiger partial charge < -0.3 is 19.1 Å². The molecule has 3 aromatic rings. The highest BCUT2D eigenvalue weighted by Gasteiger charge is 2.37. The predicted octanol–water partition coefficient (Wildman–Crippen LogP) is 5.95. The number of aryl methyl sites for hydroxylation is 2. The average Bonchev–Trinajstić information content (AvgIpc) is 3.02. The van der Waals surface area contributed by atoms with Crippen LogP contribution in [0.25, 0.3) is 0 Å². The number of likely N-dealkylation sites (tertiary alicyclic amines) is 1. The Bertz CT molecular complexity index is 1290. The molecule has 5 rings (SSSR count). The van der Waals surface area contributed by atoms with Gasteiger partial charge in [-0.2, -0.15) is 0 Å². The van der Waals surface area contributed by atoms with E-state index in [1.54, 1.807) is 14.2 Å². The number of rotatable bonds is 7. The van der Waals surface area contributed by atoms with Crippen molar-refractivity contribution in [2.24, 2.45) is 5.41 Å². The summed E-state index contributed by atoms with van der Waals surface area (Å²) in [7, 11) is 3.28. The number of carbonyl (C=O) groups excluding carboxylic acids is 1. The van der Waals surface area contributed by atoms with Gasteiger partial charge in [0.2, 0.25) is 5.91 Å². The second-order valence-electron chi connectivity index (χ2n) is 11.8. The molecule has 1 fully saturated rings. The summed E-state index contributed by atoms with van der Waals surface area (Å²) in [5.74, 6) is 2.67. The fourth-order valence-corrected chi connectivity index (χ4v) is 6.52. The lowest BCUT2D eigenvalue weighted by Crippen LogP contribution is -2.48. The highest BCUT2D eigenvalue weighted by atomic mass is 16.5. The Labute approximate surface area is 250 Å². The lowest BCUT2D eigenvalue weighted by atomic mass is 9.73. The van der Waals surface area contributed by atoms with E-state index in [0.29, 0.717) is 30.9 Å². The van der Waals surface area contributed by atoms with Crippen LogP contribution in [0.5, 0.6) is 17.2 Å². The maximum atomic E-state index is 13.3. The average molecular weight is 572 g/mol. The van der Waals surface area contributed by atoms with E-state index < -0.39 is 0 Å². The number of aromatic nitrogens is 1. The molecule has 0 unspecified atom stereocenters. The van der Waals surface area contributed by atoms with Gasteiger partial charge in [-0.1, -0.05) is 36.8 Å². The first-order chi connectivity index (χ1) is 20.6. The normalized spacial score (nSPS) is 17.8. The van der Waals surface area contributed by atoms with Crippen LogP contribution in [-0.4, -0.2) is 67.7 Å². The summed E-state index contributed by atoms with van der Waals surface area (Å²) >= 11 is 0. The van der Waals surface area contributed by atoms with Gasteiger partial charge in [0.05, 0.1) is 19.9 Å². The van der Waals surface area contributed by atoms with Gasteiger partial charge in [-0.05, 0) is 85.4 Å². The van der Waals surface area contributed by atoms with E-state index >= 15 is 0 Å². The van der Waals surface area contributed by atoms with Crippen LogP contribution in [0.1, 0.15) is 55.3 Å². The minimum atomic E-state index is 0.188. The van der Waals surface area contributed by atoms with Crippen molar-refractivity contribution < 1.29 is 19.0 Å². The van der Waals surface area contributed by atoms with Gasteiger partial charge in [-0.25, -0.2) is 0 Å². The van der Waals surface area contributed by atoms with Gasteiger partial charge in [0, 0.05) is 45.3 Å². The van der Waals surface area contributed by atoms with Crippen molar-refractivity contribution in [2.45, 2.75) is 57.9 Å². The lowest BCUT2D eigenvalue weighted by Gasteiger charge is -2.45. The van der Waals surface area contributed by atoms with Gasteiger partial charge in [-0.15, -0.1) is 0 Å². The minimum Gasteiger partial charge on any atom is -0.493 e. The number of amides is 1. The summed E-state index contributed by atoms with van der Waals surface area (Å²) < 4.78 is 17.1. The second-order valence-corrected chi connectivity index (χ2v) is 11.8. The van der Waals surface area contributed by atoms with E-state index in [9.17, 15) is 4.79 Å². The number of piperidine rings is 1. The molecule has 2 aliphatic rings. The van der Waals surface area contributed by atoms with Crippen molar-refractivity contribution in [2.75, 3.05) is 47.0 Å². The molecular weight excluding hydrogens is 526 g/mol. The van der Waals surface area contributed by atoms with E-state index in [4.69, 9.17) is 14.2 Å². The maximum absolute atomic E-state index is 13.3. The van der Waals surface area contributed by atoms with E-state index in [2.05, 4.69) is 51.2 Å². The van der Waals surface area contributed by atoms with Crippen LogP contribution in [0.3, 0.4) is 0 Å². The zero-order chi connectivity index (χ0) is 29.2. The second kappa shape index (κ2) is 14.5. The summed E-state index contributed by atoms with van der Waals surface area (Å²) in [6.45, 7) is 4.95. The van der Waals surface area contributed by atoms with Gasteiger partial charge in [0.1, 0.15) is 12.4 Å². The number of carbonyl (C=O) groups is 1. The highest BCUT2D eigenvalue weighted by molar-refractivity contribution is 5.76. The largest absolute Gasteiger partial charge is 0.493 e. The molecule has 0 aliphatic carbocycles. The SMILES string of the molecule is COc1ccc(CCC(=O)N2CCC3(CCCCc4ccccc4OCCN(Cc4ccccn4)C3)CC2)cc1OC. The molecule has 0 atom stereocenters. The molecule has 0 radical (unpaired) electrons. The van der Waals surface area contributed by atoms with Crippen LogP contribution in [0.2, 0.25) is 0 Å². The fraction of sp³-hybridized carbons (Fsp3) is 0.486. The van der Waals surface area contributed by atoms with Crippen LogP contribution >= 0.6 is 0 Å². The van der Waals surface area contributed by atoms with Crippen molar-refractivity contribution in [3.05, 3.63) is 83.7 Å². The zero-order valence-electron chi connectivity index (χ0n) is 25.2. The maximum Gasteiger partial charge on any atom is 0.222 e. The smallest absolute Gasteiger partial charge is 0.222 e. The Kier molecular flexibility index (Phi) is 10.4. The third kappa shape index (κ3) is 7.82. The number of para-hydroxylation sites is 1. The molecule has 7 heteroatoms. The van der Waals surface area contributed by atoms with Crippen molar-refractivity contribution in [3.8, 4) is 17.2 Å². The van der Waals surface area contributed by atoms with E-state index in [0.717, 1.165) is 75.4 Å². The molecular formula is C35H45N3O4. The molecule has 2 aliphatic heterocycles. The first-order valence-corrected chi connectivity index (χ1v) is 15.4. The molecule has 1 amide bonds. The van der Waals surface area contributed by atoms with Crippen molar-refractivity contribution in [3.63, 3.8) is 0 Å². The Morgan fingerprint density at radius 3 is 2.52 bits per heavy atom. The van der Waals surface area contributed by atoms with Crippen LogP contribution in [-0.2, 0) is 24.2 Å². The summed E-state index contributed by atoms with van der Waals surface area (Å²) in [5.41, 5.74) is 3.66. The van der Waals surface area contributed by atoms with Crippen LogP contribution in [0, 0.1) is 5.41 Å². The van der Waals surface area contributed by atoms with Gasteiger partial charge in [-0.3, -0.25) is 14.7 Å². The lowest BCUT2D eigenvalue weighted by molar-refractivity contribution is -0.133. The van der Waals surface area contributed by atoms with Crippen LogP contribution in [0.15, 0.2) is 66.9 Å². The molecule has 1 aromatic heterocycles. The monoisotopic (exact) mass is 571 g/mol. The summed E-state index contributed by atoms with van der Waals surface area (Å²) in [6.07, 6.45) is 9.70. The van der Waals surface area contributed by atoms with Gasteiger partial charge in [0.15, 0.2) is 11.5 Å². The van der Waals surface area contributed by atoms with Gasteiger partial charge in [0.25, 0.3) is 0 Å². The Balaban J connectivity index is 1.24. The number of nitrogens with zero attached hydrogens (tertiary/aromatic N) is 3. The van der Waals surface area contributed by atoms with Gasteiger partial charge >= 0.3 is 0 Å². The van der Waals surface area contributed by atoms with E-state index in [1.165, 1.54) is 18.4 Å². The predicted molar refractivity (Wildman–Crippen MR) is 165 cm³/mol.